The topological polar surface area (TPSA) is 80.3 Å². The summed E-state index contributed by atoms with van der Waals surface area (Å²) in [5, 5.41) is 0. The Kier molecular flexibility index (Phi) is 7.57. The average molecular weight is 493 g/mol. The maximum Gasteiger partial charge on any atom is 0.330 e. The Morgan fingerprint density at radius 3 is 2.28 bits per heavy atom. The van der Waals surface area contributed by atoms with Crippen LogP contribution in [0.15, 0.2) is 67.3 Å². The van der Waals surface area contributed by atoms with Gasteiger partial charge in [-0.05, 0) is 44.9 Å². The number of allylic oxidation sites excluding steroid dienone is 1. The van der Waals surface area contributed by atoms with Gasteiger partial charge in [-0.15, -0.1) is 0 Å². The molecule has 0 N–H and O–H groups in total. The molecule has 0 radical (unpaired) electrons. The van der Waals surface area contributed by atoms with Crippen molar-refractivity contribution < 1.29 is 33.3 Å². The van der Waals surface area contributed by atoms with Gasteiger partial charge in [-0.2, -0.15) is 0 Å². The molecule has 4 rings (SSSR count). The number of rotatable bonds is 8. The van der Waals surface area contributed by atoms with Crippen molar-refractivity contribution in [3.8, 4) is 0 Å². The van der Waals surface area contributed by atoms with E-state index in [-0.39, 0.29) is 18.5 Å². The van der Waals surface area contributed by atoms with Gasteiger partial charge < -0.3 is 23.7 Å². The summed E-state index contributed by atoms with van der Waals surface area (Å²) in [7, 11) is 0. The smallest absolute Gasteiger partial charge is 0.330 e. The molecule has 36 heavy (non-hydrogen) atoms. The number of hydrogen-bond acceptors (Lipinski definition) is 7. The van der Waals surface area contributed by atoms with E-state index in [4.69, 9.17) is 23.7 Å². The first-order valence-corrected chi connectivity index (χ1v) is 11.9. The first-order chi connectivity index (χ1) is 17.0. The van der Waals surface area contributed by atoms with Crippen molar-refractivity contribution in [1.29, 1.82) is 0 Å². The number of carbonyl (C=O) groups is 2. The number of carbonyl (C=O) groups excluding carboxylic acids is 2. The third-order valence-corrected chi connectivity index (χ3v) is 5.99. The second kappa shape index (κ2) is 10.5. The van der Waals surface area contributed by atoms with Crippen LogP contribution >= 0.6 is 0 Å². The van der Waals surface area contributed by atoms with Gasteiger partial charge in [0.1, 0.15) is 24.9 Å². The summed E-state index contributed by atoms with van der Waals surface area (Å²) < 4.78 is 29.0. The second-order valence-electron chi connectivity index (χ2n) is 9.76. The quantitative estimate of drug-likeness (QED) is 0.297. The zero-order chi connectivity index (χ0) is 25.9. The molecule has 0 aliphatic carbocycles. The lowest BCUT2D eigenvalue weighted by atomic mass is 9.97. The first-order valence-electron chi connectivity index (χ1n) is 11.9. The highest BCUT2D eigenvalue weighted by Crippen LogP contribution is 2.35. The molecular weight excluding hydrogens is 460 g/mol. The highest BCUT2D eigenvalue weighted by atomic mass is 16.8. The lowest BCUT2D eigenvalue weighted by Gasteiger charge is -2.23. The molecule has 2 heterocycles. The molecule has 0 saturated carbocycles. The Hall–Kier alpha value is -3.10. The number of benzene rings is 2. The van der Waals surface area contributed by atoms with Gasteiger partial charge in [0.05, 0.1) is 6.61 Å². The number of ketones is 1. The van der Waals surface area contributed by atoms with Gasteiger partial charge in [0.25, 0.3) is 0 Å². The normalized spacial score (nSPS) is 24.6. The molecule has 2 aliphatic heterocycles. The Balaban J connectivity index is 1.31. The maximum atomic E-state index is 12.7. The Morgan fingerprint density at radius 1 is 0.944 bits per heavy atom. The molecule has 7 heteroatoms. The molecule has 190 valence electrons. The predicted octanol–water partition coefficient (Wildman–Crippen LogP) is 4.81. The summed E-state index contributed by atoms with van der Waals surface area (Å²) in [5.41, 5.74) is 2.50. The SMILES string of the molecule is C=C(C(=O)c1ccc(C=CC(=O)OC[C@H]2OC(C)(C)O[C@H]2[C@@H]2COC(C)(C)O2)cc1)c1ccccc1. The molecule has 0 unspecified atom stereocenters. The summed E-state index contributed by atoms with van der Waals surface area (Å²) in [6.07, 6.45) is 1.75. The van der Waals surface area contributed by atoms with Crippen LogP contribution in [-0.2, 0) is 28.5 Å². The van der Waals surface area contributed by atoms with E-state index < -0.39 is 29.8 Å². The summed E-state index contributed by atoms with van der Waals surface area (Å²) in [5.74, 6) is -2.17. The zero-order valence-electron chi connectivity index (χ0n) is 21.1. The van der Waals surface area contributed by atoms with E-state index in [9.17, 15) is 9.59 Å². The van der Waals surface area contributed by atoms with Crippen molar-refractivity contribution in [2.24, 2.45) is 0 Å². The van der Waals surface area contributed by atoms with Crippen LogP contribution < -0.4 is 0 Å². The fourth-order valence-corrected chi connectivity index (χ4v) is 4.25. The van der Waals surface area contributed by atoms with Gasteiger partial charge in [-0.1, -0.05) is 61.2 Å². The lowest BCUT2D eigenvalue weighted by Crippen LogP contribution is -2.40. The van der Waals surface area contributed by atoms with E-state index in [1.807, 2.05) is 58.0 Å². The van der Waals surface area contributed by atoms with E-state index in [0.717, 1.165) is 11.1 Å². The fourth-order valence-electron chi connectivity index (χ4n) is 4.25. The van der Waals surface area contributed by atoms with E-state index in [1.165, 1.54) is 6.08 Å². The van der Waals surface area contributed by atoms with Crippen LogP contribution in [0.5, 0.6) is 0 Å². The molecular formula is C29H32O7. The van der Waals surface area contributed by atoms with Gasteiger partial charge in [0, 0.05) is 17.2 Å². The van der Waals surface area contributed by atoms with Crippen molar-refractivity contribution in [2.75, 3.05) is 13.2 Å². The molecule has 2 fully saturated rings. The Labute approximate surface area is 211 Å². The van der Waals surface area contributed by atoms with E-state index in [0.29, 0.717) is 17.7 Å². The van der Waals surface area contributed by atoms with Gasteiger partial charge in [0.2, 0.25) is 0 Å². The third-order valence-electron chi connectivity index (χ3n) is 5.99. The van der Waals surface area contributed by atoms with Crippen LogP contribution in [0.4, 0.5) is 0 Å². The van der Waals surface area contributed by atoms with Gasteiger partial charge in [-0.3, -0.25) is 4.79 Å². The lowest BCUT2D eigenvalue weighted by molar-refractivity contribution is -0.175. The molecule has 0 aromatic heterocycles. The molecule has 2 aromatic carbocycles. The molecule has 7 nitrogen and oxygen atoms in total. The van der Waals surface area contributed by atoms with Crippen LogP contribution in [-0.4, -0.2) is 54.9 Å². The van der Waals surface area contributed by atoms with Crippen molar-refractivity contribution in [1.82, 2.24) is 0 Å². The number of hydrogen-bond donors (Lipinski definition) is 0. The molecule has 0 spiro atoms. The van der Waals surface area contributed by atoms with Gasteiger partial charge in [0.15, 0.2) is 17.4 Å². The molecule has 0 bridgehead atoms. The van der Waals surface area contributed by atoms with Crippen LogP contribution in [0, 0.1) is 0 Å². The minimum Gasteiger partial charge on any atom is -0.460 e. The fraction of sp³-hybridized carbons (Fsp3) is 0.379. The monoisotopic (exact) mass is 492 g/mol. The Bertz CT molecular complexity index is 1130. The van der Waals surface area contributed by atoms with Gasteiger partial charge in [-0.25, -0.2) is 4.79 Å². The van der Waals surface area contributed by atoms with Crippen molar-refractivity contribution >= 4 is 23.4 Å². The zero-order valence-corrected chi connectivity index (χ0v) is 21.1. The summed E-state index contributed by atoms with van der Waals surface area (Å²) in [6, 6.07) is 16.3. The van der Waals surface area contributed by atoms with E-state index in [2.05, 4.69) is 6.58 Å². The summed E-state index contributed by atoms with van der Waals surface area (Å²) in [4.78, 5) is 25.1. The number of esters is 1. The van der Waals surface area contributed by atoms with Crippen molar-refractivity contribution in [2.45, 2.75) is 57.6 Å². The largest absolute Gasteiger partial charge is 0.460 e. The highest BCUT2D eigenvalue weighted by Gasteiger charge is 2.50. The second-order valence-corrected chi connectivity index (χ2v) is 9.76. The molecule has 0 amide bonds. The third kappa shape index (κ3) is 6.36. The van der Waals surface area contributed by atoms with Crippen LogP contribution in [0.3, 0.4) is 0 Å². The molecule has 3 atom stereocenters. The summed E-state index contributed by atoms with van der Waals surface area (Å²) in [6.45, 7) is 11.6. The standard InChI is InChI=1S/C29H32O7/c1-19(21-9-7-6-8-10-21)26(31)22-14-11-20(12-15-22)13-16-25(30)32-17-23-27(36-29(4,5)35-23)24-18-33-28(2,3)34-24/h6-16,23-24,27H,1,17-18H2,2-5H3/t23-,24+,27-/m1/s1. The Morgan fingerprint density at radius 2 is 1.64 bits per heavy atom. The van der Waals surface area contributed by atoms with E-state index in [1.54, 1.807) is 30.3 Å². The highest BCUT2D eigenvalue weighted by molar-refractivity contribution is 6.28. The molecule has 2 aliphatic rings. The van der Waals surface area contributed by atoms with Crippen molar-refractivity contribution in [3.05, 3.63) is 83.9 Å². The first kappa shape index (κ1) is 26.0. The van der Waals surface area contributed by atoms with E-state index >= 15 is 0 Å². The van der Waals surface area contributed by atoms with Crippen molar-refractivity contribution in [3.63, 3.8) is 0 Å². The van der Waals surface area contributed by atoms with Crippen LogP contribution in [0.1, 0.15) is 49.2 Å². The number of ether oxygens (including phenoxy) is 5. The number of Topliss-reactive ketones (excluding diaryl/α,β-unsaturated/α-hetero) is 1. The minimum absolute atomic E-state index is 0.0204. The van der Waals surface area contributed by atoms with Gasteiger partial charge >= 0.3 is 5.97 Å². The minimum atomic E-state index is -0.821. The van der Waals surface area contributed by atoms with Crippen LogP contribution in [0.25, 0.3) is 11.6 Å². The molecule has 2 saturated heterocycles. The predicted molar refractivity (Wildman–Crippen MR) is 135 cm³/mol. The van der Waals surface area contributed by atoms with Crippen LogP contribution in [0.2, 0.25) is 0 Å². The molecule has 2 aromatic rings. The average Bonchev–Trinajstić information content (AvgIpc) is 3.38. The maximum absolute atomic E-state index is 12.7. The summed E-state index contributed by atoms with van der Waals surface area (Å²) >= 11 is 0.